The molecular weight excluding hydrogens is 188 g/mol. The summed E-state index contributed by atoms with van der Waals surface area (Å²) in [6.07, 6.45) is 0. The van der Waals surface area contributed by atoms with Crippen molar-refractivity contribution in [3.8, 4) is 0 Å². The van der Waals surface area contributed by atoms with Crippen LogP contribution in [-0.4, -0.2) is 14.5 Å². The lowest BCUT2D eigenvalue weighted by Crippen LogP contribution is -1.95. The van der Waals surface area contributed by atoms with E-state index in [0.29, 0.717) is 5.25 Å². The lowest BCUT2D eigenvalue weighted by Gasteiger charge is -1.95. The highest BCUT2D eigenvalue weighted by molar-refractivity contribution is 8.51. The summed E-state index contributed by atoms with van der Waals surface area (Å²) in [4.78, 5) is 1.48. The summed E-state index contributed by atoms with van der Waals surface area (Å²) in [5.74, 6) is 1.23. The Morgan fingerprint density at radius 2 is 2.56 bits per heavy atom. The zero-order valence-electron chi connectivity index (χ0n) is 4.49. The van der Waals surface area contributed by atoms with E-state index in [4.69, 9.17) is 12.2 Å². The van der Waals surface area contributed by atoms with Gasteiger partial charge in [-0.15, -0.1) is 11.8 Å². The molecule has 0 spiro atoms. The maximum Gasteiger partial charge on any atom is 0.109 e. The molecule has 0 bridgehead atoms. The summed E-state index contributed by atoms with van der Waals surface area (Å²) < 4.78 is 1.10. The Balaban J connectivity index is 2.24. The number of fused-ring (bicyclic) bond motifs is 1. The van der Waals surface area contributed by atoms with Gasteiger partial charge in [0.2, 0.25) is 0 Å². The van der Waals surface area contributed by atoms with Gasteiger partial charge in [0, 0.05) is 10.7 Å². The fraction of sp³-hybridized carbons (Fsp3) is 0.400. The van der Waals surface area contributed by atoms with Gasteiger partial charge >= 0.3 is 0 Å². The first-order chi connectivity index (χ1) is 4.36. The van der Waals surface area contributed by atoms with Crippen LogP contribution in [0.15, 0.2) is 10.3 Å². The van der Waals surface area contributed by atoms with Crippen LogP contribution in [0.1, 0.15) is 0 Å². The molecule has 9 heavy (non-hydrogen) atoms. The molecule has 0 saturated carbocycles. The number of thiocarbonyl (C=S) groups is 1. The van der Waals surface area contributed by atoms with Crippen molar-refractivity contribution >= 4 is 51.0 Å². The molecule has 1 fully saturated rings. The van der Waals surface area contributed by atoms with E-state index in [9.17, 15) is 0 Å². The van der Waals surface area contributed by atoms with Gasteiger partial charge in [0.05, 0.1) is 5.25 Å². The molecule has 0 aromatic heterocycles. The number of hydrogen-bond acceptors (Lipinski definition) is 4. The Morgan fingerprint density at radius 3 is 3.33 bits per heavy atom. The fourth-order valence-corrected chi connectivity index (χ4v) is 5.25. The van der Waals surface area contributed by atoms with Crippen LogP contribution in [0.4, 0.5) is 0 Å². The highest BCUT2D eigenvalue weighted by atomic mass is 32.2. The molecule has 4 heteroatoms. The Labute approximate surface area is 72.2 Å². The van der Waals surface area contributed by atoms with Gasteiger partial charge in [-0.25, -0.2) is 0 Å². The fourth-order valence-electron chi connectivity index (χ4n) is 0.794. The molecule has 0 aromatic rings. The Morgan fingerprint density at radius 1 is 1.67 bits per heavy atom. The van der Waals surface area contributed by atoms with Crippen molar-refractivity contribution in [2.45, 2.75) is 5.25 Å². The number of hydrogen-bond donors (Lipinski definition) is 0. The van der Waals surface area contributed by atoms with Crippen LogP contribution >= 0.6 is 47.5 Å². The predicted molar refractivity (Wildman–Crippen MR) is 52.1 cm³/mol. The van der Waals surface area contributed by atoms with Crippen LogP contribution in [-0.2, 0) is 0 Å². The van der Waals surface area contributed by atoms with Crippen molar-refractivity contribution in [2.24, 2.45) is 0 Å². The van der Waals surface area contributed by atoms with E-state index in [1.165, 1.54) is 10.7 Å². The molecule has 1 atom stereocenters. The maximum absolute atomic E-state index is 5.05. The number of thioether (sulfide) groups is 3. The van der Waals surface area contributed by atoms with E-state index >= 15 is 0 Å². The van der Waals surface area contributed by atoms with Gasteiger partial charge in [-0.05, 0) is 5.41 Å². The standard InChI is InChI=1S/C5H4S4/c6-5-8-3-1-7-2-4(3)9-5/h1,4H,2H2. The Hall–Kier alpha value is 0.880. The summed E-state index contributed by atoms with van der Waals surface area (Å²) in [6, 6.07) is 0. The van der Waals surface area contributed by atoms with E-state index in [1.54, 1.807) is 11.8 Å². The van der Waals surface area contributed by atoms with Gasteiger partial charge in [0.15, 0.2) is 0 Å². The molecule has 0 radical (unpaired) electrons. The van der Waals surface area contributed by atoms with Crippen molar-refractivity contribution in [1.29, 1.82) is 0 Å². The Bertz CT molecular complexity index is 183. The molecule has 0 aliphatic carbocycles. The molecular formula is C5H4S4. The molecule has 2 aliphatic heterocycles. The zero-order chi connectivity index (χ0) is 6.27. The van der Waals surface area contributed by atoms with Crippen molar-refractivity contribution in [3.63, 3.8) is 0 Å². The van der Waals surface area contributed by atoms with Crippen LogP contribution in [0.3, 0.4) is 0 Å². The normalized spacial score (nSPS) is 32.7. The zero-order valence-corrected chi connectivity index (χ0v) is 7.76. The minimum Gasteiger partial charge on any atom is -0.132 e. The quantitative estimate of drug-likeness (QED) is 0.541. The van der Waals surface area contributed by atoms with Crippen LogP contribution in [0, 0.1) is 0 Å². The molecule has 0 N–H and O–H groups in total. The molecule has 1 saturated heterocycles. The smallest absolute Gasteiger partial charge is 0.109 e. The second kappa shape index (κ2) is 2.49. The monoisotopic (exact) mass is 192 g/mol. The SMILES string of the molecule is S=C1SC2=CSCC2S1. The van der Waals surface area contributed by atoms with Crippen LogP contribution in [0.25, 0.3) is 0 Å². The van der Waals surface area contributed by atoms with Crippen LogP contribution in [0.5, 0.6) is 0 Å². The van der Waals surface area contributed by atoms with E-state index in [-0.39, 0.29) is 0 Å². The van der Waals surface area contributed by atoms with E-state index < -0.39 is 0 Å². The topological polar surface area (TPSA) is 0 Å². The van der Waals surface area contributed by atoms with E-state index in [2.05, 4.69) is 5.41 Å². The van der Waals surface area contributed by atoms with Crippen molar-refractivity contribution in [3.05, 3.63) is 10.3 Å². The van der Waals surface area contributed by atoms with Crippen molar-refractivity contribution < 1.29 is 0 Å². The average Bonchev–Trinajstić information content (AvgIpc) is 2.22. The summed E-state index contributed by atoms with van der Waals surface area (Å²) in [6.45, 7) is 0. The van der Waals surface area contributed by atoms with Crippen molar-refractivity contribution in [1.82, 2.24) is 0 Å². The molecule has 2 rings (SSSR count). The third kappa shape index (κ3) is 1.18. The van der Waals surface area contributed by atoms with Crippen molar-refractivity contribution in [2.75, 3.05) is 5.75 Å². The molecule has 2 heterocycles. The lowest BCUT2D eigenvalue weighted by molar-refractivity contribution is 1.29. The van der Waals surface area contributed by atoms with Gasteiger partial charge in [-0.3, -0.25) is 0 Å². The molecule has 0 amide bonds. The minimum atomic E-state index is 0.715. The number of rotatable bonds is 0. The molecule has 48 valence electrons. The van der Waals surface area contributed by atoms with Gasteiger partial charge in [-0.1, -0.05) is 35.7 Å². The second-order valence-electron chi connectivity index (χ2n) is 1.81. The first kappa shape index (κ1) is 6.58. The van der Waals surface area contributed by atoms with E-state index in [0.717, 1.165) is 3.53 Å². The second-order valence-corrected chi connectivity index (χ2v) is 6.19. The third-order valence-electron chi connectivity index (χ3n) is 1.20. The van der Waals surface area contributed by atoms with Gasteiger partial charge < -0.3 is 0 Å². The van der Waals surface area contributed by atoms with Crippen LogP contribution in [0.2, 0.25) is 0 Å². The molecule has 1 unspecified atom stereocenters. The highest BCUT2D eigenvalue weighted by Gasteiger charge is 2.29. The molecule has 0 aromatic carbocycles. The molecule has 2 aliphatic rings. The van der Waals surface area contributed by atoms with Gasteiger partial charge in [0.1, 0.15) is 3.53 Å². The average molecular weight is 192 g/mol. The first-order valence-corrected chi connectivity index (χ1v) is 5.72. The Kier molecular flexibility index (Phi) is 1.82. The highest BCUT2D eigenvalue weighted by Crippen LogP contribution is 2.48. The largest absolute Gasteiger partial charge is 0.132 e. The van der Waals surface area contributed by atoms with Gasteiger partial charge in [-0.2, -0.15) is 0 Å². The predicted octanol–water partition coefficient (Wildman–Crippen LogP) is 2.71. The van der Waals surface area contributed by atoms with Crippen LogP contribution < -0.4 is 0 Å². The summed E-state index contributed by atoms with van der Waals surface area (Å²) in [7, 11) is 0. The lowest BCUT2D eigenvalue weighted by atomic mass is 10.5. The summed E-state index contributed by atoms with van der Waals surface area (Å²) >= 11 is 10.6. The molecule has 0 nitrogen and oxygen atoms in total. The third-order valence-corrected chi connectivity index (χ3v) is 5.44. The summed E-state index contributed by atoms with van der Waals surface area (Å²) in [5.41, 5.74) is 0. The summed E-state index contributed by atoms with van der Waals surface area (Å²) in [5, 5.41) is 2.95. The van der Waals surface area contributed by atoms with Gasteiger partial charge in [0.25, 0.3) is 0 Å². The van der Waals surface area contributed by atoms with E-state index in [1.807, 2.05) is 23.5 Å². The minimum absolute atomic E-state index is 0.715. The maximum atomic E-state index is 5.05. The first-order valence-electron chi connectivity index (χ1n) is 2.56.